The second kappa shape index (κ2) is 6.12. The van der Waals surface area contributed by atoms with Crippen molar-refractivity contribution in [1.82, 2.24) is 5.32 Å². The van der Waals surface area contributed by atoms with E-state index in [-0.39, 0.29) is 11.8 Å². The van der Waals surface area contributed by atoms with Gasteiger partial charge in [0.15, 0.2) is 0 Å². The normalized spacial score (nSPS) is 15.1. The summed E-state index contributed by atoms with van der Waals surface area (Å²) in [5.74, 6) is 1.21. The number of hydrogen-bond acceptors (Lipinski definition) is 2. The summed E-state index contributed by atoms with van der Waals surface area (Å²) in [6.45, 7) is 9.94. The molecule has 14 heavy (non-hydrogen) atoms. The summed E-state index contributed by atoms with van der Waals surface area (Å²) in [6, 6.07) is 0. The van der Waals surface area contributed by atoms with E-state index >= 15 is 0 Å². The number of thiol groups is 1. The Kier molecular flexibility index (Phi) is 5.93. The van der Waals surface area contributed by atoms with Crippen molar-refractivity contribution in [2.75, 3.05) is 5.75 Å². The molecular formula is C11H21NOS. The topological polar surface area (TPSA) is 29.1 Å². The molecule has 0 heterocycles. The van der Waals surface area contributed by atoms with Crippen molar-refractivity contribution in [3.05, 3.63) is 11.3 Å². The zero-order valence-electron chi connectivity index (χ0n) is 9.72. The van der Waals surface area contributed by atoms with E-state index in [1.165, 1.54) is 0 Å². The number of allylic oxidation sites excluding steroid dienone is 1. The van der Waals surface area contributed by atoms with Gasteiger partial charge in [-0.2, -0.15) is 12.6 Å². The molecule has 0 aromatic carbocycles. The quantitative estimate of drug-likeness (QED) is 0.694. The summed E-state index contributed by atoms with van der Waals surface area (Å²) in [4.78, 5) is 11.6. The van der Waals surface area contributed by atoms with Crippen LogP contribution in [-0.2, 0) is 4.79 Å². The van der Waals surface area contributed by atoms with E-state index in [9.17, 15) is 4.79 Å². The molecule has 0 rings (SSSR count). The summed E-state index contributed by atoms with van der Waals surface area (Å²) in [5.41, 5.74) is 2.04. The van der Waals surface area contributed by atoms with Gasteiger partial charge in [-0.25, -0.2) is 0 Å². The highest BCUT2D eigenvalue weighted by atomic mass is 32.1. The Morgan fingerprint density at radius 2 is 1.79 bits per heavy atom. The van der Waals surface area contributed by atoms with Crippen LogP contribution in [0.3, 0.4) is 0 Å². The molecule has 1 amide bonds. The molecule has 0 fully saturated rings. The van der Waals surface area contributed by atoms with Gasteiger partial charge in [-0.1, -0.05) is 20.8 Å². The maximum absolute atomic E-state index is 11.6. The van der Waals surface area contributed by atoms with Gasteiger partial charge in [0, 0.05) is 17.4 Å². The second-order valence-electron chi connectivity index (χ2n) is 4.09. The van der Waals surface area contributed by atoms with Crippen LogP contribution in [0.5, 0.6) is 0 Å². The summed E-state index contributed by atoms with van der Waals surface area (Å²) in [5, 5.41) is 2.90. The molecule has 0 saturated heterocycles. The Labute approximate surface area is 92.6 Å². The molecule has 0 saturated carbocycles. The largest absolute Gasteiger partial charge is 0.330 e. The van der Waals surface area contributed by atoms with Gasteiger partial charge in [-0.05, 0) is 25.3 Å². The highest BCUT2D eigenvalue weighted by Gasteiger charge is 2.16. The molecule has 0 aromatic rings. The van der Waals surface area contributed by atoms with E-state index in [2.05, 4.69) is 31.8 Å². The lowest BCUT2D eigenvalue weighted by Gasteiger charge is -2.16. The maximum Gasteiger partial charge on any atom is 0.227 e. The van der Waals surface area contributed by atoms with E-state index in [4.69, 9.17) is 0 Å². The molecule has 1 atom stereocenters. The van der Waals surface area contributed by atoms with Crippen molar-refractivity contribution in [1.29, 1.82) is 0 Å². The minimum atomic E-state index is 0.0534. The van der Waals surface area contributed by atoms with Gasteiger partial charge >= 0.3 is 0 Å². The summed E-state index contributed by atoms with van der Waals surface area (Å²) >= 11 is 4.16. The average Bonchev–Trinajstić information content (AvgIpc) is 2.14. The lowest BCUT2D eigenvalue weighted by molar-refractivity contribution is -0.124. The highest BCUT2D eigenvalue weighted by molar-refractivity contribution is 7.80. The zero-order valence-corrected chi connectivity index (χ0v) is 10.6. The number of amides is 1. The fraction of sp³-hybridized carbons (Fsp3) is 0.727. The predicted molar refractivity (Wildman–Crippen MR) is 64.4 cm³/mol. The standard InChI is InChI=1S/C11H21NOS/c1-7(2)9(4)11(13)12-10(5)8(3)6-14/h7,9,14H,6H2,1-5H3,(H,12,13)/b10-8-. The van der Waals surface area contributed by atoms with E-state index in [0.29, 0.717) is 11.7 Å². The summed E-state index contributed by atoms with van der Waals surface area (Å²) < 4.78 is 0. The number of carbonyl (C=O) groups excluding carboxylic acids is 1. The molecule has 2 nitrogen and oxygen atoms in total. The minimum absolute atomic E-state index is 0.0534. The van der Waals surface area contributed by atoms with Crippen LogP contribution in [0.15, 0.2) is 11.3 Å². The van der Waals surface area contributed by atoms with Crippen molar-refractivity contribution in [2.24, 2.45) is 11.8 Å². The molecule has 0 aliphatic heterocycles. The molecule has 1 N–H and O–H groups in total. The predicted octanol–water partition coefficient (Wildman–Crippen LogP) is 2.62. The third kappa shape index (κ3) is 4.18. The van der Waals surface area contributed by atoms with Crippen LogP contribution < -0.4 is 5.32 Å². The average molecular weight is 215 g/mol. The number of hydrogen-bond donors (Lipinski definition) is 2. The van der Waals surface area contributed by atoms with E-state index in [1.807, 2.05) is 20.8 Å². The Morgan fingerprint density at radius 1 is 1.29 bits per heavy atom. The van der Waals surface area contributed by atoms with Gasteiger partial charge in [0.2, 0.25) is 5.91 Å². The lowest BCUT2D eigenvalue weighted by atomic mass is 9.97. The van der Waals surface area contributed by atoms with Crippen LogP contribution in [0.4, 0.5) is 0 Å². The van der Waals surface area contributed by atoms with E-state index in [1.54, 1.807) is 0 Å². The van der Waals surface area contributed by atoms with Crippen molar-refractivity contribution in [2.45, 2.75) is 34.6 Å². The molecule has 1 unspecified atom stereocenters. The Hall–Kier alpha value is -0.440. The number of rotatable bonds is 4. The first kappa shape index (κ1) is 13.6. The van der Waals surface area contributed by atoms with E-state index in [0.717, 1.165) is 11.3 Å². The van der Waals surface area contributed by atoms with Gasteiger partial charge in [0.25, 0.3) is 0 Å². The first-order valence-corrected chi connectivity index (χ1v) is 5.61. The van der Waals surface area contributed by atoms with Gasteiger partial charge in [0.05, 0.1) is 0 Å². The maximum atomic E-state index is 11.6. The number of nitrogens with one attached hydrogen (secondary N) is 1. The molecule has 0 aliphatic carbocycles. The van der Waals surface area contributed by atoms with E-state index < -0.39 is 0 Å². The SMILES string of the molecule is C/C(CS)=C(\C)NC(=O)C(C)C(C)C. The molecule has 0 aromatic heterocycles. The van der Waals surface area contributed by atoms with Gasteiger partial charge in [0.1, 0.15) is 0 Å². The van der Waals surface area contributed by atoms with Gasteiger partial charge < -0.3 is 5.32 Å². The van der Waals surface area contributed by atoms with Crippen LogP contribution >= 0.6 is 12.6 Å². The summed E-state index contributed by atoms with van der Waals surface area (Å²) in [6.07, 6.45) is 0. The second-order valence-corrected chi connectivity index (χ2v) is 4.40. The first-order valence-electron chi connectivity index (χ1n) is 4.98. The van der Waals surface area contributed by atoms with Crippen molar-refractivity contribution >= 4 is 18.5 Å². The summed E-state index contributed by atoms with van der Waals surface area (Å²) in [7, 11) is 0. The van der Waals surface area contributed by atoms with Crippen molar-refractivity contribution in [3.8, 4) is 0 Å². The molecule has 82 valence electrons. The molecule has 0 spiro atoms. The first-order chi connectivity index (χ1) is 6.40. The molecular weight excluding hydrogens is 194 g/mol. The molecule has 3 heteroatoms. The fourth-order valence-corrected chi connectivity index (χ4v) is 1.06. The van der Waals surface area contributed by atoms with Crippen molar-refractivity contribution < 1.29 is 4.79 Å². The molecule has 0 aliphatic rings. The Bertz CT molecular complexity index is 233. The minimum Gasteiger partial charge on any atom is -0.330 e. The van der Waals surface area contributed by atoms with Crippen LogP contribution in [0.25, 0.3) is 0 Å². The Balaban J connectivity index is 4.33. The van der Waals surface area contributed by atoms with Crippen LogP contribution in [0.1, 0.15) is 34.6 Å². The van der Waals surface area contributed by atoms with Gasteiger partial charge in [-0.15, -0.1) is 0 Å². The smallest absolute Gasteiger partial charge is 0.227 e. The van der Waals surface area contributed by atoms with Crippen LogP contribution in [-0.4, -0.2) is 11.7 Å². The highest BCUT2D eigenvalue weighted by Crippen LogP contribution is 2.11. The number of carbonyl (C=O) groups is 1. The fourth-order valence-electron chi connectivity index (χ4n) is 0.827. The van der Waals surface area contributed by atoms with Crippen molar-refractivity contribution in [3.63, 3.8) is 0 Å². The van der Waals surface area contributed by atoms with Crippen LogP contribution in [0, 0.1) is 11.8 Å². The third-order valence-electron chi connectivity index (χ3n) is 2.60. The Morgan fingerprint density at radius 3 is 2.14 bits per heavy atom. The monoisotopic (exact) mass is 215 g/mol. The van der Waals surface area contributed by atoms with Gasteiger partial charge in [-0.3, -0.25) is 4.79 Å². The van der Waals surface area contributed by atoms with Crippen LogP contribution in [0.2, 0.25) is 0 Å². The molecule has 0 radical (unpaired) electrons. The lowest BCUT2D eigenvalue weighted by Crippen LogP contribution is -2.31. The zero-order chi connectivity index (χ0) is 11.3. The third-order valence-corrected chi connectivity index (χ3v) is 3.08. The molecule has 0 bridgehead atoms.